The second-order valence-corrected chi connectivity index (χ2v) is 25.9. The fourth-order valence-corrected chi connectivity index (χ4v) is 15.4. The lowest BCUT2D eigenvalue weighted by Gasteiger charge is -2.45. The van der Waals surface area contributed by atoms with E-state index < -0.39 is 5.41 Å². The van der Waals surface area contributed by atoms with Crippen LogP contribution in [0.5, 0.6) is 0 Å². The summed E-state index contributed by atoms with van der Waals surface area (Å²) in [4.78, 5) is 0. The van der Waals surface area contributed by atoms with Crippen molar-refractivity contribution >= 4 is 55.8 Å². The molecule has 2 nitrogen and oxygen atoms in total. The van der Waals surface area contributed by atoms with Crippen LogP contribution in [0.25, 0.3) is 77.6 Å². The van der Waals surface area contributed by atoms with Crippen LogP contribution < -0.4 is 16.4 Å². The monoisotopic (exact) mass is 931 g/mol. The van der Waals surface area contributed by atoms with Crippen LogP contribution in [0.2, 0.25) is 0 Å². The summed E-state index contributed by atoms with van der Waals surface area (Å²) in [6.45, 7) is 28.9. The largest absolute Gasteiger partial charge is 0.310 e. The van der Waals surface area contributed by atoms with Gasteiger partial charge in [0.2, 0.25) is 0 Å². The van der Waals surface area contributed by atoms with Crippen LogP contribution in [-0.4, -0.2) is 15.8 Å². The van der Waals surface area contributed by atoms with Crippen molar-refractivity contribution in [3.05, 3.63) is 195 Å². The fraction of sp³-hybridized carbons (Fsp3) is 0.275. The van der Waals surface area contributed by atoms with Crippen molar-refractivity contribution < 1.29 is 0 Å². The van der Waals surface area contributed by atoms with Crippen molar-refractivity contribution in [2.24, 2.45) is 0 Å². The molecule has 5 aliphatic rings. The van der Waals surface area contributed by atoms with Crippen LogP contribution in [0.4, 0.5) is 0 Å². The van der Waals surface area contributed by atoms with Gasteiger partial charge in [-0.25, -0.2) is 0 Å². The summed E-state index contributed by atoms with van der Waals surface area (Å²) in [6, 6.07) is 55.9. The quantitative estimate of drug-likeness (QED) is 0.153. The maximum Gasteiger partial charge on any atom is 0.252 e. The molecule has 0 saturated heterocycles. The lowest BCUT2D eigenvalue weighted by atomic mass is 9.33. The molecule has 2 aromatic heterocycles. The van der Waals surface area contributed by atoms with Gasteiger partial charge in [0.25, 0.3) is 6.71 Å². The zero-order chi connectivity index (χ0) is 49.5. The number of benzene rings is 8. The van der Waals surface area contributed by atoms with E-state index in [1.54, 1.807) is 0 Å². The van der Waals surface area contributed by atoms with Crippen LogP contribution in [0.3, 0.4) is 0 Å². The Morgan fingerprint density at radius 2 is 1.01 bits per heavy atom. The third kappa shape index (κ3) is 4.99. The molecule has 0 atom stereocenters. The van der Waals surface area contributed by atoms with Crippen molar-refractivity contribution in [2.45, 2.75) is 123 Å². The minimum Gasteiger partial charge on any atom is -0.310 e. The van der Waals surface area contributed by atoms with E-state index in [1.165, 1.54) is 150 Å². The lowest BCUT2D eigenvalue weighted by molar-refractivity contribution is 0.335. The van der Waals surface area contributed by atoms with Crippen molar-refractivity contribution in [2.75, 3.05) is 0 Å². The van der Waals surface area contributed by atoms with E-state index in [4.69, 9.17) is 0 Å². The molecule has 2 aliphatic carbocycles. The van der Waals surface area contributed by atoms with E-state index in [1.807, 2.05) is 0 Å². The van der Waals surface area contributed by atoms with Gasteiger partial charge in [-0.05, 0) is 149 Å². The SMILES string of the molecule is Cc1ccc2c3c1c1c(C)ccc4c1n3-c1c(ccc3c1B2c1cc2c(c5c(-c6ccc(C(C)(C)C)cc6)c(-c6ccc(C(C)(C)C)cc6)n-3c15)C(C)(C)CCC2(C)C)C41c2ccccc2-c2ccccc21. The Morgan fingerprint density at radius 1 is 0.472 bits per heavy atom. The molecular formula is C69H63BN2. The number of nitrogens with zero attached hydrogens (tertiary/aromatic N) is 2. The first kappa shape index (κ1) is 42.8. The molecule has 0 fully saturated rings. The predicted molar refractivity (Wildman–Crippen MR) is 306 cm³/mol. The molecule has 10 aromatic rings. The number of aryl methyl sites for hydroxylation is 2. The molecule has 0 N–H and O–H groups in total. The molecule has 3 aliphatic heterocycles. The zero-order valence-electron chi connectivity index (χ0n) is 44.2. The summed E-state index contributed by atoms with van der Waals surface area (Å²) >= 11 is 0. The van der Waals surface area contributed by atoms with E-state index in [9.17, 15) is 0 Å². The predicted octanol–water partition coefficient (Wildman–Crippen LogP) is 15.4. The molecule has 72 heavy (non-hydrogen) atoms. The van der Waals surface area contributed by atoms with Gasteiger partial charge in [0.1, 0.15) is 0 Å². The molecule has 0 saturated carbocycles. The Balaban J connectivity index is 1.19. The summed E-state index contributed by atoms with van der Waals surface area (Å²) in [6.07, 6.45) is 2.29. The third-order valence-electron chi connectivity index (χ3n) is 18.9. The second kappa shape index (κ2) is 13.4. The van der Waals surface area contributed by atoms with Crippen molar-refractivity contribution in [1.29, 1.82) is 0 Å². The maximum atomic E-state index is 2.79. The van der Waals surface area contributed by atoms with Crippen molar-refractivity contribution in [1.82, 2.24) is 9.13 Å². The Bertz CT molecular complexity index is 4070. The minimum atomic E-state index is -0.510. The van der Waals surface area contributed by atoms with E-state index >= 15 is 0 Å². The number of rotatable bonds is 2. The number of hydrogen-bond donors (Lipinski definition) is 0. The van der Waals surface area contributed by atoms with Gasteiger partial charge in [0, 0.05) is 44.1 Å². The highest BCUT2D eigenvalue weighted by Crippen LogP contribution is 2.62. The Hall–Kier alpha value is -6.84. The van der Waals surface area contributed by atoms with Crippen molar-refractivity contribution in [3.8, 4) is 44.9 Å². The summed E-state index contributed by atoms with van der Waals surface area (Å²) < 4.78 is 5.58. The summed E-state index contributed by atoms with van der Waals surface area (Å²) in [5, 5.41) is 4.27. The number of hydrogen-bond acceptors (Lipinski definition) is 0. The molecule has 5 heterocycles. The first-order chi connectivity index (χ1) is 34.3. The highest BCUT2D eigenvalue weighted by molar-refractivity contribution is 7.00. The Kier molecular flexibility index (Phi) is 7.97. The maximum absolute atomic E-state index is 2.79. The molecule has 3 heteroatoms. The van der Waals surface area contributed by atoms with Gasteiger partial charge in [-0.3, -0.25) is 0 Å². The van der Waals surface area contributed by atoms with Gasteiger partial charge in [-0.2, -0.15) is 0 Å². The second-order valence-electron chi connectivity index (χ2n) is 25.9. The van der Waals surface area contributed by atoms with Gasteiger partial charge in [-0.1, -0.05) is 203 Å². The molecule has 8 aromatic carbocycles. The first-order valence-electron chi connectivity index (χ1n) is 26.8. The van der Waals surface area contributed by atoms with Gasteiger partial charge in [-0.15, -0.1) is 0 Å². The number of fused-ring (bicyclic) bond motifs is 13. The van der Waals surface area contributed by atoms with Crippen LogP contribution >= 0.6 is 0 Å². The van der Waals surface area contributed by atoms with Crippen molar-refractivity contribution in [3.63, 3.8) is 0 Å². The lowest BCUT2D eigenvalue weighted by Crippen LogP contribution is -2.61. The smallest absolute Gasteiger partial charge is 0.252 e. The van der Waals surface area contributed by atoms with E-state index in [0.717, 1.165) is 12.8 Å². The average molecular weight is 931 g/mol. The van der Waals surface area contributed by atoms with Gasteiger partial charge < -0.3 is 9.13 Å². The highest BCUT2D eigenvalue weighted by Gasteiger charge is 2.55. The fourth-order valence-electron chi connectivity index (χ4n) is 15.4. The van der Waals surface area contributed by atoms with Gasteiger partial charge in [0.05, 0.1) is 16.6 Å². The normalized spacial score (nSPS) is 16.8. The first-order valence-corrected chi connectivity index (χ1v) is 26.8. The van der Waals surface area contributed by atoms with E-state index in [0.29, 0.717) is 0 Å². The molecule has 15 rings (SSSR count). The summed E-state index contributed by atoms with van der Waals surface area (Å²) in [7, 11) is 0. The van der Waals surface area contributed by atoms with Gasteiger partial charge in [0.15, 0.2) is 0 Å². The van der Waals surface area contributed by atoms with Gasteiger partial charge >= 0.3 is 0 Å². The van der Waals surface area contributed by atoms with Crippen LogP contribution in [-0.2, 0) is 27.1 Å². The van der Waals surface area contributed by atoms with E-state index in [-0.39, 0.29) is 28.4 Å². The molecule has 0 radical (unpaired) electrons. The van der Waals surface area contributed by atoms with Crippen LogP contribution in [0.15, 0.2) is 140 Å². The standard InChI is InChI=1S/C69H63BN2/c1-38-21-31-48-61-54(38)55-39(2)22-33-51-63(55)72(61)62-49(69(48)46-19-15-13-17-44(46)45-18-14-16-20-47(45)69)32-34-53-59(62)70(51)52-37-50-58(68(11,12)36-35-67(50,9)10)57-56(40-23-27-42(28-24-40)65(3,4)5)60(71(53)64(52)57)41-25-29-43(30-26-41)66(6,7)8/h13-34,37H,35-36H2,1-12H3. The number of aromatic nitrogens is 2. The molecule has 0 amide bonds. The molecular weight excluding hydrogens is 868 g/mol. The van der Waals surface area contributed by atoms with E-state index in [2.05, 4.69) is 232 Å². The minimum absolute atomic E-state index is 0.0175. The molecule has 352 valence electrons. The van der Waals surface area contributed by atoms with Crippen LogP contribution in [0.1, 0.15) is 138 Å². The van der Waals surface area contributed by atoms with Crippen LogP contribution in [0, 0.1) is 13.8 Å². The average Bonchev–Trinajstić information content (AvgIpc) is 4.00. The third-order valence-corrected chi connectivity index (χ3v) is 18.9. The molecule has 1 spiro atoms. The highest BCUT2D eigenvalue weighted by atomic mass is 15.1. The Morgan fingerprint density at radius 3 is 1.64 bits per heavy atom. The molecule has 0 bridgehead atoms. The zero-order valence-corrected chi connectivity index (χ0v) is 44.2. The summed E-state index contributed by atoms with van der Waals surface area (Å²) in [5.41, 5.74) is 32.6. The molecule has 0 unspecified atom stereocenters. The summed E-state index contributed by atoms with van der Waals surface area (Å²) in [5.74, 6) is 0. The Labute approximate surface area is 425 Å². The topological polar surface area (TPSA) is 9.86 Å².